The minimum absolute atomic E-state index is 0. The Kier molecular flexibility index (Phi) is 10.2. The third-order valence-corrected chi connectivity index (χ3v) is 5.11. The summed E-state index contributed by atoms with van der Waals surface area (Å²) in [5, 5.41) is 6.67. The Bertz CT molecular complexity index is 615. The molecule has 1 unspecified atom stereocenters. The third-order valence-electron chi connectivity index (χ3n) is 5.11. The van der Waals surface area contributed by atoms with E-state index in [1.807, 2.05) is 12.1 Å². The molecule has 1 heterocycles. The molecule has 0 spiro atoms. The average molecular weight is 503 g/mol. The third kappa shape index (κ3) is 6.99. The van der Waals surface area contributed by atoms with Crippen LogP contribution in [0.4, 0.5) is 0 Å². The first-order valence-corrected chi connectivity index (χ1v) is 10.3. The first-order chi connectivity index (χ1) is 13.3. The van der Waals surface area contributed by atoms with Crippen molar-refractivity contribution in [3.63, 3.8) is 0 Å². The highest BCUT2D eigenvalue weighted by atomic mass is 127. The molecule has 0 radical (unpaired) electrons. The Morgan fingerprint density at radius 2 is 1.96 bits per heavy atom. The number of nitrogens with one attached hydrogen (secondary N) is 2. The molecule has 1 aromatic carbocycles. The molecule has 0 amide bonds. The van der Waals surface area contributed by atoms with E-state index in [1.165, 1.54) is 12.8 Å². The fraction of sp³-hybridized carbons (Fsp3) is 0.667. The first-order valence-electron chi connectivity index (χ1n) is 10.3. The lowest BCUT2D eigenvalue weighted by Gasteiger charge is -2.17. The molecular formula is C21H34IN3O3. The Morgan fingerprint density at radius 3 is 2.64 bits per heavy atom. The SMILES string of the molecule is CCNC(=NCc1ccc(OC2CCCC2)c(OC)c1)NCC1CCCO1.I. The molecule has 1 saturated heterocycles. The molecule has 1 saturated carbocycles. The molecule has 28 heavy (non-hydrogen) atoms. The molecule has 0 aromatic heterocycles. The van der Waals surface area contributed by atoms with Crippen LogP contribution >= 0.6 is 24.0 Å². The van der Waals surface area contributed by atoms with Crippen molar-refractivity contribution in [3.8, 4) is 11.5 Å². The van der Waals surface area contributed by atoms with E-state index in [4.69, 9.17) is 19.2 Å². The Hall–Kier alpha value is -1.22. The van der Waals surface area contributed by atoms with Crippen LogP contribution in [0.25, 0.3) is 0 Å². The van der Waals surface area contributed by atoms with Crippen molar-refractivity contribution in [2.45, 2.75) is 64.2 Å². The second-order valence-corrected chi connectivity index (χ2v) is 7.22. The van der Waals surface area contributed by atoms with Gasteiger partial charge in [0.1, 0.15) is 0 Å². The number of ether oxygens (including phenoxy) is 3. The largest absolute Gasteiger partial charge is 0.493 e. The van der Waals surface area contributed by atoms with Crippen LogP contribution in [0.15, 0.2) is 23.2 Å². The number of halogens is 1. The number of hydrogen-bond acceptors (Lipinski definition) is 4. The summed E-state index contributed by atoms with van der Waals surface area (Å²) in [5.41, 5.74) is 1.10. The topological polar surface area (TPSA) is 64.1 Å². The Morgan fingerprint density at radius 1 is 1.14 bits per heavy atom. The summed E-state index contributed by atoms with van der Waals surface area (Å²) in [6, 6.07) is 6.10. The number of nitrogens with zero attached hydrogens (tertiary/aromatic N) is 1. The van der Waals surface area contributed by atoms with Gasteiger partial charge in [-0.25, -0.2) is 4.99 Å². The van der Waals surface area contributed by atoms with E-state index in [1.54, 1.807) is 7.11 Å². The lowest BCUT2D eigenvalue weighted by Crippen LogP contribution is -2.41. The smallest absolute Gasteiger partial charge is 0.191 e. The molecule has 2 aliphatic rings. The van der Waals surface area contributed by atoms with Gasteiger partial charge in [-0.05, 0) is 63.1 Å². The van der Waals surface area contributed by atoms with Gasteiger partial charge < -0.3 is 24.8 Å². The highest BCUT2D eigenvalue weighted by Gasteiger charge is 2.18. The number of hydrogen-bond donors (Lipinski definition) is 2. The normalized spacial score (nSPS) is 19.9. The lowest BCUT2D eigenvalue weighted by atomic mass is 10.2. The molecule has 3 rings (SSSR count). The van der Waals surface area contributed by atoms with Crippen LogP contribution in [0.3, 0.4) is 0 Å². The summed E-state index contributed by atoms with van der Waals surface area (Å²) in [6.07, 6.45) is 7.67. The molecule has 0 bridgehead atoms. The van der Waals surface area contributed by atoms with E-state index in [9.17, 15) is 0 Å². The van der Waals surface area contributed by atoms with Gasteiger partial charge in [0.05, 0.1) is 25.9 Å². The zero-order chi connectivity index (χ0) is 18.9. The second kappa shape index (κ2) is 12.4. The minimum Gasteiger partial charge on any atom is -0.493 e. The molecule has 2 N–H and O–H groups in total. The summed E-state index contributed by atoms with van der Waals surface area (Å²) >= 11 is 0. The van der Waals surface area contributed by atoms with E-state index < -0.39 is 0 Å². The predicted octanol–water partition coefficient (Wildman–Crippen LogP) is 3.87. The van der Waals surface area contributed by atoms with Crippen LogP contribution in [0.2, 0.25) is 0 Å². The van der Waals surface area contributed by atoms with Crippen molar-refractivity contribution in [2.24, 2.45) is 4.99 Å². The van der Waals surface area contributed by atoms with Crippen molar-refractivity contribution in [1.82, 2.24) is 10.6 Å². The van der Waals surface area contributed by atoms with Crippen LogP contribution in [0.1, 0.15) is 51.0 Å². The van der Waals surface area contributed by atoms with Crippen molar-refractivity contribution in [1.29, 1.82) is 0 Å². The summed E-state index contributed by atoms with van der Waals surface area (Å²) in [5.74, 6) is 2.44. The fourth-order valence-electron chi connectivity index (χ4n) is 3.62. The molecule has 1 aliphatic heterocycles. The number of aliphatic imine (C=N–C) groups is 1. The summed E-state index contributed by atoms with van der Waals surface area (Å²) in [4.78, 5) is 4.70. The summed E-state index contributed by atoms with van der Waals surface area (Å²) in [7, 11) is 1.69. The summed E-state index contributed by atoms with van der Waals surface area (Å²) in [6.45, 7) is 5.15. The maximum atomic E-state index is 6.11. The van der Waals surface area contributed by atoms with Gasteiger partial charge in [0.2, 0.25) is 0 Å². The standard InChI is InChI=1S/C21H33N3O3.HI/c1-3-22-21(24-15-18-9-6-12-26-18)23-14-16-10-11-19(20(13-16)25-2)27-17-7-4-5-8-17;/h10-11,13,17-18H,3-9,12,14-15H2,1-2H3,(H2,22,23,24);1H. The van der Waals surface area contributed by atoms with Gasteiger partial charge in [-0.3, -0.25) is 0 Å². The highest BCUT2D eigenvalue weighted by molar-refractivity contribution is 14.0. The molecule has 6 nitrogen and oxygen atoms in total. The zero-order valence-electron chi connectivity index (χ0n) is 17.0. The van der Waals surface area contributed by atoms with E-state index >= 15 is 0 Å². The van der Waals surface area contributed by atoms with E-state index in [2.05, 4.69) is 23.6 Å². The minimum atomic E-state index is 0. The Labute approximate surface area is 185 Å². The molecule has 2 fully saturated rings. The van der Waals surface area contributed by atoms with Gasteiger partial charge in [0.15, 0.2) is 17.5 Å². The second-order valence-electron chi connectivity index (χ2n) is 7.22. The van der Waals surface area contributed by atoms with E-state index in [0.29, 0.717) is 18.8 Å². The number of rotatable bonds is 8. The Balaban J connectivity index is 0.00000280. The van der Waals surface area contributed by atoms with Crippen molar-refractivity contribution in [3.05, 3.63) is 23.8 Å². The van der Waals surface area contributed by atoms with Gasteiger partial charge in [-0.1, -0.05) is 6.07 Å². The molecule has 158 valence electrons. The van der Waals surface area contributed by atoms with Crippen LogP contribution in [0.5, 0.6) is 11.5 Å². The van der Waals surface area contributed by atoms with Gasteiger partial charge in [0, 0.05) is 19.7 Å². The number of methoxy groups -OCH3 is 1. The fourth-order valence-corrected chi connectivity index (χ4v) is 3.62. The van der Waals surface area contributed by atoms with Crippen molar-refractivity contribution in [2.75, 3.05) is 26.8 Å². The van der Waals surface area contributed by atoms with Crippen LogP contribution in [-0.4, -0.2) is 45.0 Å². The van der Waals surface area contributed by atoms with Gasteiger partial charge >= 0.3 is 0 Å². The molecule has 1 aliphatic carbocycles. The lowest BCUT2D eigenvalue weighted by molar-refractivity contribution is 0.114. The monoisotopic (exact) mass is 503 g/mol. The quantitative estimate of drug-likeness (QED) is 0.321. The average Bonchev–Trinajstić information content (AvgIpc) is 3.39. The maximum absolute atomic E-state index is 6.11. The van der Waals surface area contributed by atoms with Gasteiger partial charge in [-0.2, -0.15) is 0 Å². The van der Waals surface area contributed by atoms with Crippen LogP contribution < -0.4 is 20.1 Å². The zero-order valence-corrected chi connectivity index (χ0v) is 19.4. The molecule has 7 heteroatoms. The first kappa shape index (κ1) is 23.1. The number of benzene rings is 1. The van der Waals surface area contributed by atoms with Crippen molar-refractivity contribution < 1.29 is 14.2 Å². The van der Waals surface area contributed by atoms with E-state index in [-0.39, 0.29) is 24.0 Å². The van der Waals surface area contributed by atoms with Crippen molar-refractivity contribution >= 4 is 29.9 Å². The predicted molar refractivity (Wildman–Crippen MR) is 123 cm³/mol. The molecule has 1 aromatic rings. The van der Waals surface area contributed by atoms with Crippen LogP contribution in [0, 0.1) is 0 Å². The van der Waals surface area contributed by atoms with E-state index in [0.717, 1.165) is 68.4 Å². The maximum Gasteiger partial charge on any atom is 0.191 e. The number of guanidine groups is 1. The summed E-state index contributed by atoms with van der Waals surface area (Å²) < 4.78 is 17.3. The van der Waals surface area contributed by atoms with Crippen LogP contribution in [-0.2, 0) is 11.3 Å². The van der Waals surface area contributed by atoms with Gasteiger partial charge in [0.25, 0.3) is 0 Å². The molecular weight excluding hydrogens is 469 g/mol. The molecule has 1 atom stereocenters. The van der Waals surface area contributed by atoms with Gasteiger partial charge in [-0.15, -0.1) is 24.0 Å². The highest BCUT2D eigenvalue weighted by Crippen LogP contribution is 2.32.